The fraction of sp³-hybridized carbons (Fsp3) is 0.111. The molecular formula is C18H17O6PS. The zero-order valence-electron chi connectivity index (χ0n) is 13.7. The number of hydrogen-bond donors (Lipinski definition) is 5. The number of thiol groups is 1. The molecule has 4 N–H and O–H groups in total. The van der Waals surface area contributed by atoms with Gasteiger partial charge in [-0.25, -0.2) is 0 Å². The number of allylic oxidation sites excluding steroid dienone is 1. The van der Waals surface area contributed by atoms with E-state index in [1.54, 1.807) is 13.0 Å². The molecule has 6 nitrogen and oxygen atoms in total. The van der Waals surface area contributed by atoms with Gasteiger partial charge in [-0.2, -0.15) is 0 Å². The van der Waals surface area contributed by atoms with Gasteiger partial charge in [0.25, 0.3) is 0 Å². The molecule has 0 spiro atoms. The second-order valence-electron chi connectivity index (χ2n) is 5.64. The number of carbonyl (C=O) groups is 2. The van der Waals surface area contributed by atoms with Gasteiger partial charge in [0.1, 0.15) is 28.6 Å². The first-order valence-corrected chi connectivity index (χ1v) is 8.44. The van der Waals surface area contributed by atoms with Crippen LogP contribution in [0.15, 0.2) is 28.9 Å². The number of hydrogen-bond acceptors (Lipinski definition) is 7. The highest BCUT2D eigenvalue weighted by molar-refractivity contribution is 7.90. The molecule has 0 aliphatic carbocycles. The van der Waals surface area contributed by atoms with Crippen LogP contribution in [0.2, 0.25) is 0 Å². The number of carbonyl (C=O) groups excluding carboxylic acids is 2. The summed E-state index contributed by atoms with van der Waals surface area (Å²) in [6.45, 7) is 1.62. The second-order valence-corrected chi connectivity index (χ2v) is 7.26. The third-order valence-electron chi connectivity index (χ3n) is 3.76. The highest BCUT2D eigenvalue weighted by atomic mass is 32.1. The molecule has 1 unspecified atom stereocenters. The molecule has 0 heterocycles. The van der Waals surface area contributed by atoms with E-state index in [9.17, 15) is 30.0 Å². The Morgan fingerprint density at radius 1 is 1.04 bits per heavy atom. The monoisotopic (exact) mass is 392 g/mol. The summed E-state index contributed by atoms with van der Waals surface area (Å²) < 4.78 is 0.532. The molecule has 0 amide bonds. The third kappa shape index (κ3) is 3.84. The molecule has 8 heteroatoms. The van der Waals surface area contributed by atoms with E-state index in [1.807, 2.05) is 0 Å². The van der Waals surface area contributed by atoms with Crippen LogP contribution in [0.25, 0.3) is 0 Å². The van der Waals surface area contributed by atoms with Crippen LogP contribution < -0.4 is 0 Å². The third-order valence-corrected chi connectivity index (χ3v) is 4.18. The molecule has 0 saturated heterocycles. The quantitative estimate of drug-likeness (QED) is 0.231. The average molecular weight is 392 g/mol. The molecule has 1 atom stereocenters. The normalized spacial score (nSPS) is 11.4. The Morgan fingerprint density at radius 3 is 2.12 bits per heavy atom. The van der Waals surface area contributed by atoms with Crippen molar-refractivity contribution in [2.24, 2.45) is 0 Å². The molecular weight excluding hydrogens is 375 g/mol. The van der Waals surface area contributed by atoms with Crippen molar-refractivity contribution >= 4 is 33.9 Å². The SMILES string of the molecule is Cc1cc(O)c(C(=O)c2c(C=O)c(O)cc(O)c2C/C=C(\P)S)c(O)c1. The number of aryl methyl sites for hydroxylation is 1. The number of aromatic hydroxyl groups is 4. The van der Waals surface area contributed by atoms with Gasteiger partial charge in [-0.1, -0.05) is 15.3 Å². The minimum Gasteiger partial charge on any atom is -0.507 e. The maximum Gasteiger partial charge on any atom is 0.201 e. The van der Waals surface area contributed by atoms with Crippen molar-refractivity contribution in [2.45, 2.75) is 13.3 Å². The lowest BCUT2D eigenvalue weighted by Gasteiger charge is -2.15. The molecule has 26 heavy (non-hydrogen) atoms. The summed E-state index contributed by atoms with van der Waals surface area (Å²) in [4.78, 5) is 24.5. The first-order chi connectivity index (χ1) is 12.2. The van der Waals surface area contributed by atoms with Gasteiger partial charge in [0.15, 0.2) is 6.29 Å². The highest BCUT2D eigenvalue weighted by Gasteiger charge is 2.27. The summed E-state index contributed by atoms with van der Waals surface area (Å²) in [5, 5.41) is 40.3. The summed E-state index contributed by atoms with van der Waals surface area (Å²) in [6.07, 6.45) is 1.88. The zero-order valence-corrected chi connectivity index (χ0v) is 15.8. The predicted octanol–water partition coefficient (Wildman–Crippen LogP) is 3.05. The number of ketones is 1. The summed E-state index contributed by atoms with van der Waals surface area (Å²) >= 11 is 4.09. The van der Waals surface area contributed by atoms with E-state index in [-0.39, 0.29) is 29.4 Å². The lowest BCUT2D eigenvalue weighted by Crippen LogP contribution is -2.11. The maximum absolute atomic E-state index is 13.0. The van der Waals surface area contributed by atoms with Crippen LogP contribution in [0.4, 0.5) is 0 Å². The molecule has 0 aromatic heterocycles. The van der Waals surface area contributed by atoms with E-state index in [4.69, 9.17) is 0 Å². The number of rotatable bonds is 5. The fourth-order valence-corrected chi connectivity index (χ4v) is 2.82. The van der Waals surface area contributed by atoms with E-state index < -0.39 is 34.3 Å². The highest BCUT2D eigenvalue weighted by Crippen LogP contribution is 2.38. The Morgan fingerprint density at radius 2 is 1.62 bits per heavy atom. The Bertz CT molecular complexity index is 909. The first-order valence-electron chi connectivity index (χ1n) is 7.42. The van der Waals surface area contributed by atoms with Gasteiger partial charge >= 0.3 is 0 Å². The summed E-state index contributed by atoms with van der Waals surface area (Å²) in [5.41, 5.74) is -0.492. The van der Waals surface area contributed by atoms with Crippen LogP contribution in [-0.2, 0) is 6.42 Å². The summed E-state index contributed by atoms with van der Waals surface area (Å²) in [7, 11) is 2.32. The Kier molecular flexibility index (Phi) is 5.95. The van der Waals surface area contributed by atoms with Gasteiger partial charge in [-0.05, 0) is 35.7 Å². The molecule has 0 aliphatic heterocycles. The van der Waals surface area contributed by atoms with Crippen LogP contribution in [0.1, 0.15) is 37.4 Å². The number of benzene rings is 2. The van der Waals surface area contributed by atoms with Gasteiger partial charge in [-0.3, -0.25) is 9.59 Å². The van der Waals surface area contributed by atoms with E-state index in [0.717, 1.165) is 6.07 Å². The minimum absolute atomic E-state index is 0.0315. The van der Waals surface area contributed by atoms with E-state index >= 15 is 0 Å². The molecule has 0 fully saturated rings. The largest absolute Gasteiger partial charge is 0.507 e. The van der Waals surface area contributed by atoms with Crippen LogP contribution in [0, 0.1) is 6.92 Å². The van der Waals surface area contributed by atoms with Crippen molar-refractivity contribution in [1.82, 2.24) is 0 Å². The van der Waals surface area contributed by atoms with Crippen LogP contribution in [0.3, 0.4) is 0 Å². The van der Waals surface area contributed by atoms with Crippen molar-refractivity contribution in [3.8, 4) is 23.0 Å². The minimum atomic E-state index is -0.902. The molecule has 0 saturated carbocycles. The maximum atomic E-state index is 13.0. The molecule has 0 aliphatic rings. The van der Waals surface area contributed by atoms with Crippen LogP contribution >= 0.6 is 21.9 Å². The van der Waals surface area contributed by atoms with E-state index in [1.165, 1.54) is 12.1 Å². The zero-order chi connectivity index (χ0) is 19.6. The van der Waals surface area contributed by atoms with Gasteiger partial charge in [0.2, 0.25) is 5.78 Å². The molecule has 2 rings (SSSR count). The smallest absolute Gasteiger partial charge is 0.201 e. The Labute approximate surface area is 157 Å². The summed E-state index contributed by atoms with van der Waals surface area (Å²) in [5.74, 6) is -2.85. The topological polar surface area (TPSA) is 115 Å². The second kappa shape index (κ2) is 7.81. The molecule has 2 aromatic carbocycles. The van der Waals surface area contributed by atoms with E-state index in [2.05, 4.69) is 21.9 Å². The molecule has 2 aromatic rings. The Hall–Kier alpha value is -2.50. The number of phenolic OH excluding ortho intramolecular Hbond substituents is 4. The van der Waals surface area contributed by atoms with E-state index in [0.29, 0.717) is 10.2 Å². The molecule has 136 valence electrons. The molecule has 0 radical (unpaired) electrons. The fourth-order valence-electron chi connectivity index (χ4n) is 2.61. The first kappa shape index (κ1) is 19.8. The lowest BCUT2D eigenvalue weighted by molar-refractivity contribution is 0.102. The van der Waals surface area contributed by atoms with Crippen molar-refractivity contribution in [3.05, 3.63) is 56.7 Å². The number of aldehydes is 1. The van der Waals surface area contributed by atoms with Crippen molar-refractivity contribution < 1.29 is 30.0 Å². The van der Waals surface area contributed by atoms with Crippen LogP contribution in [-0.4, -0.2) is 32.5 Å². The van der Waals surface area contributed by atoms with Crippen molar-refractivity contribution in [3.63, 3.8) is 0 Å². The van der Waals surface area contributed by atoms with Gasteiger partial charge < -0.3 is 20.4 Å². The van der Waals surface area contributed by atoms with Crippen molar-refractivity contribution in [1.29, 1.82) is 0 Å². The van der Waals surface area contributed by atoms with Gasteiger partial charge in [0, 0.05) is 17.2 Å². The predicted molar refractivity (Wildman–Crippen MR) is 104 cm³/mol. The molecule has 0 bridgehead atoms. The van der Waals surface area contributed by atoms with Gasteiger partial charge in [-0.15, -0.1) is 12.6 Å². The Balaban J connectivity index is 2.80. The lowest BCUT2D eigenvalue weighted by atomic mass is 9.90. The van der Waals surface area contributed by atoms with Crippen molar-refractivity contribution in [2.75, 3.05) is 0 Å². The van der Waals surface area contributed by atoms with Gasteiger partial charge in [0.05, 0.1) is 5.56 Å². The summed E-state index contributed by atoms with van der Waals surface area (Å²) in [6, 6.07) is 3.52. The standard InChI is InChI=1S/C18H17O6PS/c1-8-4-13(22)17(14(23)5-8)18(24)16-9(2-3-15(25)26)11(20)6-12(21)10(16)7-19/h3-7,20-23,26H,2,25H2,1H3/b15-3+. The van der Waals surface area contributed by atoms with Crippen LogP contribution in [0.5, 0.6) is 23.0 Å². The number of phenols is 4. The average Bonchev–Trinajstić information content (AvgIpc) is 2.51.